The van der Waals surface area contributed by atoms with Crippen LogP contribution in [0.15, 0.2) is 60.7 Å². The molecule has 2 aliphatic heterocycles. The number of imide groups is 1. The molecule has 224 valence electrons. The number of ether oxygens (including phenoxy) is 1. The Morgan fingerprint density at radius 1 is 0.786 bits per heavy atom. The maximum Gasteiger partial charge on any atom is 0.261 e. The van der Waals surface area contributed by atoms with E-state index in [1.54, 1.807) is 0 Å². The number of hydrogen-bond acceptors (Lipinski definition) is 6. The summed E-state index contributed by atoms with van der Waals surface area (Å²) in [4.78, 5) is 32.3. The molecule has 1 unspecified atom stereocenters. The first-order chi connectivity index (χ1) is 19.9. The van der Waals surface area contributed by atoms with Gasteiger partial charge in [0, 0.05) is 62.3 Å². The Morgan fingerprint density at radius 2 is 1.36 bits per heavy atom. The van der Waals surface area contributed by atoms with Crippen molar-refractivity contribution in [1.29, 1.82) is 0 Å². The van der Waals surface area contributed by atoms with Gasteiger partial charge in [0.05, 0.1) is 0 Å². The number of hydrogen-bond donors (Lipinski definition) is 1. The largest absolute Gasteiger partial charge is 0.491 e. The minimum Gasteiger partial charge on any atom is -0.491 e. The number of carbonyl (C=O) groups excluding carboxylic acids is 2. The number of β-amino-alcohol motifs (C(OH)–C–C–N with tert-alkyl or cyclic N) is 1. The van der Waals surface area contributed by atoms with E-state index in [0.29, 0.717) is 30.8 Å². The van der Waals surface area contributed by atoms with Crippen LogP contribution in [-0.4, -0.2) is 90.1 Å². The Hall–Kier alpha value is -3.26. The zero-order valence-corrected chi connectivity index (χ0v) is 25.7. The van der Waals surface area contributed by atoms with Crippen molar-refractivity contribution < 1.29 is 19.4 Å². The second-order valence-electron chi connectivity index (χ2n) is 13.7. The number of carbonyl (C=O) groups is 2. The van der Waals surface area contributed by atoms with Crippen molar-refractivity contribution >= 4 is 22.6 Å². The first kappa shape index (κ1) is 30.2. The molecular weight excluding hydrogens is 526 g/mol. The van der Waals surface area contributed by atoms with Gasteiger partial charge in [-0.2, -0.15) is 0 Å². The molecule has 3 aromatic rings. The fourth-order valence-corrected chi connectivity index (χ4v) is 6.69. The Bertz CT molecular complexity index is 1370. The van der Waals surface area contributed by atoms with Crippen LogP contribution in [0.25, 0.3) is 10.8 Å². The van der Waals surface area contributed by atoms with E-state index in [1.165, 1.54) is 10.5 Å². The fraction of sp³-hybridized carbons (Fsp3) is 0.486. The number of aliphatic hydroxyl groups is 1. The van der Waals surface area contributed by atoms with E-state index in [0.717, 1.165) is 49.1 Å². The molecule has 2 aliphatic rings. The van der Waals surface area contributed by atoms with Gasteiger partial charge in [-0.3, -0.25) is 24.3 Å². The number of aliphatic hydroxyl groups excluding tert-OH is 1. The van der Waals surface area contributed by atoms with Gasteiger partial charge in [0.1, 0.15) is 18.5 Å². The van der Waals surface area contributed by atoms with E-state index in [1.807, 2.05) is 48.5 Å². The molecule has 0 radical (unpaired) electrons. The summed E-state index contributed by atoms with van der Waals surface area (Å²) >= 11 is 0. The highest BCUT2D eigenvalue weighted by atomic mass is 16.5. The zero-order valence-electron chi connectivity index (χ0n) is 25.7. The van der Waals surface area contributed by atoms with Crippen molar-refractivity contribution in [3.63, 3.8) is 0 Å². The molecule has 2 amide bonds. The number of benzene rings is 3. The topological polar surface area (TPSA) is 73.3 Å². The number of rotatable bonds is 10. The van der Waals surface area contributed by atoms with Crippen molar-refractivity contribution in [3.8, 4) is 5.75 Å². The Labute approximate surface area is 250 Å². The van der Waals surface area contributed by atoms with Gasteiger partial charge in [0.2, 0.25) is 0 Å². The molecule has 2 heterocycles. The van der Waals surface area contributed by atoms with Crippen molar-refractivity contribution in [2.24, 2.45) is 5.41 Å². The van der Waals surface area contributed by atoms with Crippen molar-refractivity contribution in [3.05, 3.63) is 77.4 Å². The highest BCUT2D eigenvalue weighted by Crippen LogP contribution is 2.36. The van der Waals surface area contributed by atoms with E-state index < -0.39 is 6.10 Å². The van der Waals surface area contributed by atoms with Gasteiger partial charge in [-0.15, -0.1) is 0 Å². The number of piperazine rings is 1. The molecule has 3 aromatic carbocycles. The standard InChI is InChI=1S/C35H45N3O4/c1-34(2,3)24-35(4,5)26-12-14-28(15-13-26)42-23-27(39)22-37-18-16-36(17-19-37)20-21-38-32(40)29-10-6-8-25-9-7-11-30(31(25)29)33(38)41/h6-15,27,39H,16-24H2,1-5H3. The van der Waals surface area contributed by atoms with Crippen LogP contribution in [0.1, 0.15) is 67.3 Å². The van der Waals surface area contributed by atoms with E-state index >= 15 is 0 Å². The van der Waals surface area contributed by atoms with Gasteiger partial charge in [0.25, 0.3) is 11.8 Å². The SMILES string of the molecule is CC(C)(C)CC(C)(C)c1ccc(OCC(O)CN2CCN(CCN3C(=O)c4cccc5cccc(c45)C3=O)CC2)cc1. The van der Waals surface area contributed by atoms with Crippen LogP contribution < -0.4 is 4.74 Å². The molecule has 7 nitrogen and oxygen atoms in total. The molecule has 0 spiro atoms. The molecule has 0 aliphatic carbocycles. The minimum atomic E-state index is -0.583. The number of amides is 2. The Kier molecular flexibility index (Phi) is 8.74. The van der Waals surface area contributed by atoms with Crippen molar-refractivity contribution in [2.45, 2.75) is 52.6 Å². The zero-order chi connectivity index (χ0) is 30.1. The summed E-state index contributed by atoms with van der Waals surface area (Å²) in [6, 6.07) is 19.5. The van der Waals surface area contributed by atoms with Crippen molar-refractivity contribution in [1.82, 2.24) is 14.7 Å². The van der Waals surface area contributed by atoms with E-state index in [2.05, 4.69) is 56.6 Å². The molecule has 0 saturated carbocycles. The van der Waals surface area contributed by atoms with Gasteiger partial charge < -0.3 is 9.84 Å². The third-order valence-electron chi connectivity index (χ3n) is 8.48. The lowest BCUT2D eigenvalue weighted by atomic mass is 9.72. The first-order valence-corrected chi connectivity index (χ1v) is 15.2. The average molecular weight is 572 g/mol. The molecule has 1 N–H and O–H groups in total. The summed E-state index contributed by atoms with van der Waals surface area (Å²) in [6.07, 6.45) is 0.506. The highest BCUT2D eigenvalue weighted by Gasteiger charge is 2.33. The fourth-order valence-electron chi connectivity index (χ4n) is 6.69. The lowest BCUT2D eigenvalue weighted by molar-refractivity contribution is 0.0416. The summed E-state index contributed by atoms with van der Waals surface area (Å²) in [5, 5.41) is 12.3. The van der Waals surface area contributed by atoms with Crippen LogP contribution in [0.4, 0.5) is 0 Å². The lowest BCUT2D eigenvalue weighted by Crippen LogP contribution is -2.51. The van der Waals surface area contributed by atoms with Crippen LogP contribution in [0.3, 0.4) is 0 Å². The van der Waals surface area contributed by atoms with E-state index in [4.69, 9.17) is 4.74 Å². The summed E-state index contributed by atoms with van der Waals surface area (Å²) in [6.45, 7) is 16.5. The van der Waals surface area contributed by atoms with Gasteiger partial charge in [0.15, 0.2) is 0 Å². The van der Waals surface area contributed by atoms with Gasteiger partial charge in [-0.25, -0.2) is 0 Å². The van der Waals surface area contributed by atoms with Crippen LogP contribution >= 0.6 is 0 Å². The lowest BCUT2D eigenvalue weighted by Gasteiger charge is -2.36. The predicted octanol–water partition coefficient (Wildman–Crippen LogP) is 5.21. The maximum atomic E-state index is 13.2. The third kappa shape index (κ3) is 6.86. The second kappa shape index (κ2) is 12.2. The van der Waals surface area contributed by atoms with Crippen LogP contribution in [0, 0.1) is 5.41 Å². The van der Waals surface area contributed by atoms with E-state index in [9.17, 15) is 14.7 Å². The normalized spacial score (nSPS) is 17.6. The van der Waals surface area contributed by atoms with Crippen molar-refractivity contribution in [2.75, 3.05) is 52.4 Å². The van der Waals surface area contributed by atoms with Gasteiger partial charge in [-0.1, -0.05) is 71.0 Å². The molecule has 5 rings (SSSR count). The molecule has 1 saturated heterocycles. The van der Waals surface area contributed by atoms with Gasteiger partial charge >= 0.3 is 0 Å². The monoisotopic (exact) mass is 571 g/mol. The van der Waals surface area contributed by atoms with E-state index in [-0.39, 0.29) is 29.3 Å². The molecule has 42 heavy (non-hydrogen) atoms. The first-order valence-electron chi connectivity index (χ1n) is 15.2. The maximum absolute atomic E-state index is 13.2. The molecule has 0 bridgehead atoms. The number of nitrogens with zero attached hydrogens (tertiary/aromatic N) is 3. The molecule has 1 atom stereocenters. The molecule has 0 aromatic heterocycles. The van der Waals surface area contributed by atoms with Crippen LogP contribution in [0.5, 0.6) is 5.75 Å². The molecule has 1 fully saturated rings. The Balaban J connectivity index is 1.05. The van der Waals surface area contributed by atoms with Crippen LogP contribution in [0.2, 0.25) is 0 Å². The smallest absolute Gasteiger partial charge is 0.261 e. The highest BCUT2D eigenvalue weighted by molar-refractivity contribution is 6.25. The second-order valence-corrected chi connectivity index (χ2v) is 13.7. The minimum absolute atomic E-state index is 0.0807. The van der Waals surface area contributed by atoms with Crippen LogP contribution in [-0.2, 0) is 5.41 Å². The molecular formula is C35H45N3O4. The summed E-state index contributed by atoms with van der Waals surface area (Å²) in [5.41, 5.74) is 2.83. The predicted molar refractivity (Wildman–Crippen MR) is 167 cm³/mol. The third-order valence-corrected chi connectivity index (χ3v) is 8.48. The summed E-state index contributed by atoms with van der Waals surface area (Å²) < 4.78 is 5.91. The Morgan fingerprint density at radius 3 is 1.93 bits per heavy atom. The quantitative estimate of drug-likeness (QED) is 0.337. The molecule has 7 heteroatoms. The van der Waals surface area contributed by atoms with Gasteiger partial charge in [-0.05, 0) is 52.5 Å². The summed E-state index contributed by atoms with van der Waals surface area (Å²) in [7, 11) is 0. The average Bonchev–Trinajstić information content (AvgIpc) is 2.94. The summed E-state index contributed by atoms with van der Waals surface area (Å²) in [5.74, 6) is 0.346.